The molecule has 0 aliphatic rings. The van der Waals surface area contributed by atoms with Crippen LogP contribution in [0.3, 0.4) is 0 Å². The van der Waals surface area contributed by atoms with Crippen molar-refractivity contribution in [2.75, 3.05) is 25.0 Å². The molecule has 3 N–H and O–H groups in total. The Morgan fingerprint density at radius 1 is 1.53 bits per heavy atom. The lowest BCUT2D eigenvalue weighted by Gasteiger charge is -2.12. The summed E-state index contributed by atoms with van der Waals surface area (Å²) in [5.41, 5.74) is 0.434. The highest BCUT2D eigenvalue weighted by molar-refractivity contribution is 5.80. The average molecular weight is 268 g/mol. The van der Waals surface area contributed by atoms with Crippen molar-refractivity contribution in [3.05, 3.63) is 22.1 Å². The molecule has 1 unspecified atom stereocenters. The molecule has 7 nitrogen and oxygen atoms in total. The molecule has 1 aromatic rings. The Balaban J connectivity index is 2.31. The van der Waals surface area contributed by atoms with Gasteiger partial charge in [-0.05, 0) is 20.8 Å². The predicted molar refractivity (Wildman–Crippen MR) is 72.2 cm³/mol. The topological polar surface area (TPSA) is 96.1 Å². The highest BCUT2D eigenvalue weighted by atomic mass is 16.5. The zero-order chi connectivity index (χ0) is 14.3. The number of carbonyl (C=O) groups excluding carboxylic acids is 1. The van der Waals surface area contributed by atoms with Crippen molar-refractivity contribution < 1.29 is 9.53 Å². The van der Waals surface area contributed by atoms with Gasteiger partial charge in [-0.25, -0.2) is 4.98 Å². The molecule has 19 heavy (non-hydrogen) atoms. The van der Waals surface area contributed by atoms with E-state index in [1.807, 2.05) is 6.92 Å². The zero-order valence-corrected chi connectivity index (χ0v) is 11.4. The Bertz CT molecular complexity index is 472. The number of aryl methyl sites for hydroxylation is 1. The fourth-order valence-corrected chi connectivity index (χ4v) is 1.50. The van der Waals surface area contributed by atoms with Crippen LogP contribution in [0.4, 0.5) is 5.95 Å². The third-order valence-electron chi connectivity index (χ3n) is 2.37. The summed E-state index contributed by atoms with van der Waals surface area (Å²) in [6.45, 7) is 6.68. The first-order valence-electron chi connectivity index (χ1n) is 6.24. The van der Waals surface area contributed by atoms with Gasteiger partial charge in [0.1, 0.15) is 6.10 Å². The van der Waals surface area contributed by atoms with Crippen LogP contribution in [0.2, 0.25) is 0 Å². The van der Waals surface area contributed by atoms with Crippen molar-refractivity contribution in [3.63, 3.8) is 0 Å². The maximum atomic E-state index is 11.5. The number of H-pyrrole nitrogens is 1. The van der Waals surface area contributed by atoms with Crippen molar-refractivity contribution in [2.24, 2.45) is 0 Å². The van der Waals surface area contributed by atoms with Gasteiger partial charge < -0.3 is 15.4 Å². The van der Waals surface area contributed by atoms with Crippen LogP contribution in [-0.2, 0) is 9.53 Å². The van der Waals surface area contributed by atoms with E-state index in [1.165, 1.54) is 6.07 Å². The summed E-state index contributed by atoms with van der Waals surface area (Å²) in [5, 5.41) is 5.65. The minimum absolute atomic E-state index is 0.158. The smallest absolute Gasteiger partial charge is 0.252 e. The molecule has 0 fully saturated rings. The average Bonchev–Trinajstić information content (AvgIpc) is 2.33. The van der Waals surface area contributed by atoms with Gasteiger partial charge >= 0.3 is 0 Å². The van der Waals surface area contributed by atoms with Crippen molar-refractivity contribution in [2.45, 2.75) is 26.9 Å². The Labute approximate surface area is 111 Å². The lowest BCUT2D eigenvalue weighted by Crippen LogP contribution is -2.37. The Morgan fingerprint density at radius 3 is 2.89 bits per heavy atom. The SMILES string of the molecule is CCOC(C)C(=O)NCCNc1nc(C)cc(=O)[nH]1. The molecule has 0 aromatic carbocycles. The molecule has 0 radical (unpaired) electrons. The summed E-state index contributed by atoms with van der Waals surface area (Å²) in [6.07, 6.45) is -0.457. The third kappa shape index (κ3) is 5.52. The fraction of sp³-hybridized carbons (Fsp3) is 0.583. The van der Waals surface area contributed by atoms with Crippen molar-refractivity contribution in [1.82, 2.24) is 15.3 Å². The van der Waals surface area contributed by atoms with Gasteiger partial charge in [-0.1, -0.05) is 0 Å². The lowest BCUT2D eigenvalue weighted by molar-refractivity contribution is -0.131. The molecule has 0 aliphatic heterocycles. The molecule has 0 spiro atoms. The monoisotopic (exact) mass is 268 g/mol. The van der Waals surface area contributed by atoms with Gasteiger partial charge in [-0.2, -0.15) is 0 Å². The Morgan fingerprint density at radius 2 is 2.26 bits per heavy atom. The maximum absolute atomic E-state index is 11.5. The second kappa shape index (κ2) is 7.52. The first kappa shape index (κ1) is 15.2. The molecule has 1 rings (SSSR count). The van der Waals surface area contributed by atoms with Crippen molar-refractivity contribution >= 4 is 11.9 Å². The zero-order valence-electron chi connectivity index (χ0n) is 11.4. The minimum Gasteiger partial charge on any atom is -0.369 e. The van der Waals surface area contributed by atoms with Crippen LogP contribution in [0.5, 0.6) is 0 Å². The summed E-state index contributed by atoms with van der Waals surface area (Å²) < 4.78 is 5.16. The Hall–Kier alpha value is -1.89. The van der Waals surface area contributed by atoms with Gasteiger partial charge in [-0.15, -0.1) is 0 Å². The van der Waals surface area contributed by atoms with Gasteiger partial charge in [-0.3, -0.25) is 14.6 Å². The van der Waals surface area contributed by atoms with E-state index in [0.717, 1.165) is 0 Å². The lowest BCUT2D eigenvalue weighted by atomic mass is 10.3. The Kier molecular flexibility index (Phi) is 6.01. The fourth-order valence-electron chi connectivity index (χ4n) is 1.50. The molecule has 1 aromatic heterocycles. The number of nitrogens with one attached hydrogen (secondary N) is 3. The number of hydrogen-bond donors (Lipinski definition) is 3. The number of hydrogen-bond acceptors (Lipinski definition) is 5. The van der Waals surface area contributed by atoms with Crippen LogP contribution in [0.15, 0.2) is 10.9 Å². The molecule has 1 heterocycles. The molecule has 7 heteroatoms. The number of amides is 1. The van der Waals surface area contributed by atoms with E-state index in [0.29, 0.717) is 31.3 Å². The first-order chi connectivity index (χ1) is 9.02. The molecular formula is C12H20N4O3. The third-order valence-corrected chi connectivity index (χ3v) is 2.37. The molecule has 0 saturated carbocycles. The number of aromatic amines is 1. The van der Waals surface area contributed by atoms with Gasteiger partial charge in [0.15, 0.2) is 0 Å². The number of anilines is 1. The van der Waals surface area contributed by atoms with E-state index >= 15 is 0 Å². The molecule has 1 amide bonds. The summed E-state index contributed by atoms with van der Waals surface area (Å²) >= 11 is 0. The van der Waals surface area contributed by atoms with E-state index in [-0.39, 0.29) is 11.5 Å². The van der Waals surface area contributed by atoms with Crippen LogP contribution in [0.25, 0.3) is 0 Å². The van der Waals surface area contributed by atoms with Crippen LogP contribution < -0.4 is 16.2 Å². The van der Waals surface area contributed by atoms with E-state index < -0.39 is 6.10 Å². The minimum atomic E-state index is -0.457. The standard InChI is InChI=1S/C12H20N4O3/c1-4-19-9(3)11(18)13-5-6-14-12-15-8(2)7-10(17)16-12/h7,9H,4-6H2,1-3H3,(H,13,18)(H2,14,15,16,17). The molecule has 0 aliphatic carbocycles. The van der Waals surface area contributed by atoms with Crippen LogP contribution in [0, 0.1) is 6.92 Å². The summed E-state index contributed by atoms with van der Waals surface area (Å²) in [4.78, 5) is 29.4. The van der Waals surface area contributed by atoms with Crippen LogP contribution in [0.1, 0.15) is 19.5 Å². The van der Waals surface area contributed by atoms with E-state index in [1.54, 1.807) is 13.8 Å². The predicted octanol–water partition coefficient (Wildman–Crippen LogP) is 0.0314. The summed E-state index contributed by atoms with van der Waals surface area (Å²) in [6, 6.07) is 1.41. The quantitative estimate of drug-likeness (QED) is 0.606. The number of rotatable bonds is 7. The highest BCUT2D eigenvalue weighted by Gasteiger charge is 2.10. The van der Waals surface area contributed by atoms with Crippen molar-refractivity contribution in [1.29, 1.82) is 0 Å². The van der Waals surface area contributed by atoms with E-state index in [9.17, 15) is 9.59 Å². The first-order valence-corrected chi connectivity index (χ1v) is 6.24. The molecule has 106 valence electrons. The van der Waals surface area contributed by atoms with E-state index in [2.05, 4.69) is 20.6 Å². The number of nitrogens with zero attached hydrogens (tertiary/aromatic N) is 1. The molecule has 0 saturated heterocycles. The number of aromatic nitrogens is 2. The molecule has 0 bridgehead atoms. The molecular weight excluding hydrogens is 248 g/mol. The van der Waals surface area contributed by atoms with E-state index in [4.69, 9.17) is 4.74 Å². The summed E-state index contributed by atoms with van der Waals surface area (Å²) in [7, 11) is 0. The molecule has 1 atom stereocenters. The normalized spacial score (nSPS) is 11.9. The van der Waals surface area contributed by atoms with Gasteiger partial charge in [0, 0.05) is 31.5 Å². The van der Waals surface area contributed by atoms with Crippen molar-refractivity contribution in [3.8, 4) is 0 Å². The maximum Gasteiger partial charge on any atom is 0.252 e. The van der Waals surface area contributed by atoms with Gasteiger partial charge in [0.2, 0.25) is 11.9 Å². The van der Waals surface area contributed by atoms with Crippen LogP contribution >= 0.6 is 0 Å². The van der Waals surface area contributed by atoms with Crippen LogP contribution in [-0.4, -0.2) is 41.7 Å². The highest BCUT2D eigenvalue weighted by Crippen LogP contribution is 1.94. The summed E-state index contributed by atoms with van der Waals surface area (Å²) in [5.74, 6) is 0.242. The second-order valence-corrected chi connectivity index (χ2v) is 4.05. The van der Waals surface area contributed by atoms with Gasteiger partial charge in [0.05, 0.1) is 0 Å². The van der Waals surface area contributed by atoms with Gasteiger partial charge in [0.25, 0.3) is 5.56 Å². The second-order valence-electron chi connectivity index (χ2n) is 4.05. The largest absolute Gasteiger partial charge is 0.369 e. The number of carbonyl (C=O) groups is 1. The number of ether oxygens (including phenoxy) is 1.